The van der Waals surface area contributed by atoms with Crippen LogP contribution in [-0.2, 0) is 0 Å². The Morgan fingerprint density at radius 2 is 2.27 bits per heavy atom. The Kier molecular flexibility index (Phi) is 4.79. The Bertz CT molecular complexity index is 364. The van der Waals surface area contributed by atoms with Gasteiger partial charge < -0.3 is 10.1 Å². The summed E-state index contributed by atoms with van der Waals surface area (Å²) in [4.78, 5) is 0. The largest absolute Gasteiger partial charge is 0.495 e. The fourth-order valence-corrected chi connectivity index (χ4v) is 1.32. The van der Waals surface area contributed by atoms with Crippen LogP contribution >= 0.6 is 23.2 Å². The van der Waals surface area contributed by atoms with Crippen molar-refractivity contribution in [3.8, 4) is 5.75 Å². The molecule has 0 aliphatic carbocycles. The summed E-state index contributed by atoms with van der Waals surface area (Å²) >= 11 is 11.2. The van der Waals surface area contributed by atoms with E-state index >= 15 is 0 Å². The Hall–Kier alpha value is -0.860. The third-order valence-corrected chi connectivity index (χ3v) is 2.54. The summed E-state index contributed by atoms with van der Waals surface area (Å²) in [5.74, 6) is 0.791. The van der Waals surface area contributed by atoms with E-state index in [2.05, 4.69) is 5.32 Å². The molecule has 0 amide bonds. The summed E-state index contributed by atoms with van der Waals surface area (Å²) in [5.41, 5.74) is 3.41. The monoisotopic (exact) mass is 245 g/mol. The molecule has 0 spiro atoms. The molecule has 15 heavy (non-hydrogen) atoms. The molecular weight excluding hydrogens is 233 g/mol. The first kappa shape index (κ1) is 12.2. The maximum Gasteiger partial charge on any atom is 0.141 e. The standard InChI is InChI=1S/C11H13Cl2NO/c1-8-3-4-11(15-2)10(5-8)14-7-9(13)6-12/h3-6,14H,7H2,1-2H3. The van der Waals surface area contributed by atoms with Crippen molar-refractivity contribution < 1.29 is 4.74 Å². The highest BCUT2D eigenvalue weighted by Gasteiger charge is 2.02. The molecule has 0 aliphatic heterocycles. The van der Waals surface area contributed by atoms with Crippen LogP contribution in [-0.4, -0.2) is 13.7 Å². The quantitative estimate of drug-likeness (QED) is 0.873. The third-order valence-electron chi connectivity index (χ3n) is 1.92. The van der Waals surface area contributed by atoms with Crippen molar-refractivity contribution in [1.29, 1.82) is 0 Å². The summed E-state index contributed by atoms with van der Waals surface area (Å²) < 4.78 is 5.21. The molecule has 0 atom stereocenters. The van der Waals surface area contributed by atoms with Crippen LogP contribution in [0, 0.1) is 6.92 Å². The van der Waals surface area contributed by atoms with Crippen LogP contribution in [0.4, 0.5) is 5.69 Å². The Labute approximate surface area is 99.8 Å². The van der Waals surface area contributed by atoms with Crippen molar-refractivity contribution in [3.63, 3.8) is 0 Å². The molecule has 0 saturated heterocycles. The predicted octanol–water partition coefficient (Wildman–Crippen LogP) is 3.73. The summed E-state index contributed by atoms with van der Waals surface area (Å²) in [5, 5.41) is 3.70. The van der Waals surface area contributed by atoms with Gasteiger partial charge in [0.2, 0.25) is 0 Å². The van der Waals surface area contributed by atoms with E-state index in [1.165, 1.54) is 5.54 Å². The summed E-state index contributed by atoms with van der Waals surface area (Å²) in [7, 11) is 1.63. The summed E-state index contributed by atoms with van der Waals surface area (Å²) in [6, 6.07) is 5.90. The van der Waals surface area contributed by atoms with Crippen LogP contribution in [0.1, 0.15) is 5.56 Å². The van der Waals surface area contributed by atoms with Crippen molar-refractivity contribution >= 4 is 28.9 Å². The second kappa shape index (κ2) is 5.89. The normalized spacial score (nSPS) is 11.3. The molecule has 0 aliphatic rings. The maximum atomic E-state index is 5.78. The van der Waals surface area contributed by atoms with E-state index in [0.717, 1.165) is 17.0 Å². The molecule has 0 fully saturated rings. The van der Waals surface area contributed by atoms with Crippen LogP contribution in [0.3, 0.4) is 0 Å². The van der Waals surface area contributed by atoms with Gasteiger partial charge >= 0.3 is 0 Å². The van der Waals surface area contributed by atoms with Crippen LogP contribution in [0.5, 0.6) is 5.75 Å². The van der Waals surface area contributed by atoms with Gasteiger partial charge in [-0.15, -0.1) is 0 Å². The van der Waals surface area contributed by atoms with Gasteiger partial charge in [0.05, 0.1) is 19.3 Å². The molecule has 0 heterocycles. The number of benzene rings is 1. The fraction of sp³-hybridized carbons (Fsp3) is 0.273. The highest BCUT2D eigenvalue weighted by atomic mass is 35.5. The number of methoxy groups -OCH3 is 1. The number of halogens is 2. The second-order valence-corrected chi connectivity index (χ2v) is 3.82. The summed E-state index contributed by atoms with van der Waals surface area (Å²) in [6.45, 7) is 2.51. The maximum absolute atomic E-state index is 5.78. The van der Waals surface area contributed by atoms with Crippen LogP contribution in [0.15, 0.2) is 28.8 Å². The number of anilines is 1. The lowest BCUT2D eigenvalue weighted by molar-refractivity contribution is 0.416. The number of ether oxygens (including phenoxy) is 1. The number of hydrogen-bond donors (Lipinski definition) is 1. The first-order valence-corrected chi connectivity index (χ1v) is 5.32. The Balaban J connectivity index is 2.78. The topological polar surface area (TPSA) is 21.3 Å². The Morgan fingerprint density at radius 1 is 1.53 bits per heavy atom. The predicted molar refractivity (Wildman–Crippen MR) is 66.0 cm³/mol. The minimum Gasteiger partial charge on any atom is -0.495 e. The van der Waals surface area contributed by atoms with Crippen molar-refractivity contribution in [2.24, 2.45) is 0 Å². The van der Waals surface area contributed by atoms with Crippen molar-refractivity contribution in [2.45, 2.75) is 6.92 Å². The molecular formula is C11H13Cl2NO. The molecule has 1 rings (SSSR count). The molecule has 1 N–H and O–H groups in total. The SMILES string of the molecule is COc1ccc(C)cc1NCC(Cl)=CCl. The number of nitrogens with one attached hydrogen (secondary N) is 1. The minimum absolute atomic E-state index is 0.491. The van der Waals surface area contributed by atoms with Crippen molar-refractivity contribution in [3.05, 3.63) is 34.3 Å². The number of rotatable bonds is 4. The molecule has 0 radical (unpaired) electrons. The third kappa shape index (κ3) is 3.65. The van der Waals surface area contributed by atoms with Crippen molar-refractivity contribution in [1.82, 2.24) is 0 Å². The van der Waals surface area contributed by atoms with E-state index < -0.39 is 0 Å². The first-order chi connectivity index (χ1) is 7.17. The van der Waals surface area contributed by atoms with Gasteiger partial charge in [-0.3, -0.25) is 0 Å². The van der Waals surface area contributed by atoms with Gasteiger partial charge in [-0.25, -0.2) is 0 Å². The Morgan fingerprint density at radius 3 is 2.87 bits per heavy atom. The lowest BCUT2D eigenvalue weighted by Gasteiger charge is -2.11. The second-order valence-electron chi connectivity index (χ2n) is 3.11. The van der Waals surface area contributed by atoms with Gasteiger partial charge in [-0.05, 0) is 24.6 Å². The zero-order valence-corrected chi connectivity index (χ0v) is 10.2. The molecule has 0 bridgehead atoms. The van der Waals surface area contributed by atoms with Crippen molar-refractivity contribution in [2.75, 3.05) is 19.0 Å². The molecule has 82 valence electrons. The molecule has 4 heteroatoms. The molecule has 0 unspecified atom stereocenters. The molecule has 0 saturated carbocycles. The minimum atomic E-state index is 0.491. The molecule has 1 aromatic carbocycles. The van der Waals surface area contributed by atoms with Gasteiger partial charge in [-0.1, -0.05) is 29.3 Å². The molecule has 0 aromatic heterocycles. The zero-order chi connectivity index (χ0) is 11.3. The smallest absolute Gasteiger partial charge is 0.141 e. The van der Waals surface area contributed by atoms with E-state index in [9.17, 15) is 0 Å². The average Bonchev–Trinajstić information content (AvgIpc) is 2.26. The average molecular weight is 246 g/mol. The van der Waals surface area contributed by atoms with E-state index in [-0.39, 0.29) is 0 Å². The number of aryl methyl sites for hydroxylation is 1. The van der Waals surface area contributed by atoms with Crippen LogP contribution in [0.25, 0.3) is 0 Å². The molecule has 2 nitrogen and oxygen atoms in total. The van der Waals surface area contributed by atoms with Gasteiger partial charge in [0.25, 0.3) is 0 Å². The highest BCUT2D eigenvalue weighted by Crippen LogP contribution is 2.25. The highest BCUT2D eigenvalue weighted by molar-refractivity contribution is 6.36. The summed E-state index contributed by atoms with van der Waals surface area (Å²) in [6.07, 6.45) is 0. The van der Waals surface area contributed by atoms with E-state index in [4.69, 9.17) is 27.9 Å². The van der Waals surface area contributed by atoms with Gasteiger partial charge in [0.1, 0.15) is 5.75 Å². The van der Waals surface area contributed by atoms with Gasteiger partial charge in [-0.2, -0.15) is 0 Å². The van der Waals surface area contributed by atoms with Gasteiger partial charge in [0, 0.05) is 10.6 Å². The van der Waals surface area contributed by atoms with Crippen LogP contribution < -0.4 is 10.1 Å². The molecule has 1 aromatic rings. The first-order valence-electron chi connectivity index (χ1n) is 4.50. The van der Waals surface area contributed by atoms with E-state index in [0.29, 0.717) is 11.6 Å². The fourth-order valence-electron chi connectivity index (χ4n) is 1.18. The lowest BCUT2D eigenvalue weighted by Crippen LogP contribution is -2.03. The lowest BCUT2D eigenvalue weighted by atomic mass is 10.2. The number of hydrogen-bond acceptors (Lipinski definition) is 2. The van der Waals surface area contributed by atoms with E-state index in [1.54, 1.807) is 7.11 Å². The van der Waals surface area contributed by atoms with E-state index in [1.807, 2.05) is 25.1 Å². The van der Waals surface area contributed by atoms with Gasteiger partial charge in [0.15, 0.2) is 0 Å². The van der Waals surface area contributed by atoms with Crippen LogP contribution in [0.2, 0.25) is 0 Å². The zero-order valence-electron chi connectivity index (χ0n) is 8.68.